The zero-order valence-electron chi connectivity index (χ0n) is 17.1. The lowest BCUT2D eigenvalue weighted by atomic mass is 10.1. The van der Waals surface area contributed by atoms with E-state index in [9.17, 15) is 8.42 Å². The number of nitrogens with zero attached hydrogens (tertiary/aromatic N) is 2. The Bertz CT molecular complexity index is 1300. The fourth-order valence-electron chi connectivity index (χ4n) is 3.27. The van der Waals surface area contributed by atoms with Crippen molar-refractivity contribution in [3.63, 3.8) is 0 Å². The number of aromatic nitrogens is 1. The zero-order valence-corrected chi connectivity index (χ0v) is 18.7. The molecule has 5 nitrogen and oxygen atoms in total. The molecule has 0 aliphatic carbocycles. The summed E-state index contributed by atoms with van der Waals surface area (Å²) in [5.74, 6) is 0.446. The SMILES string of the molecule is Cc1cccc(-c2nc(S(=O)(=O)c3ccc(Cl)cc3)c(N(C)Cc3ccccc3)o2)c1. The van der Waals surface area contributed by atoms with E-state index in [4.69, 9.17) is 16.0 Å². The predicted octanol–water partition coefficient (Wildman–Crippen LogP) is 5.77. The van der Waals surface area contributed by atoms with E-state index in [-0.39, 0.29) is 21.7 Å². The molecule has 0 atom stereocenters. The second kappa shape index (κ2) is 8.57. The van der Waals surface area contributed by atoms with E-state index in [0.717, 1.165) is 11.1 Å². The first-order valence-electron chi connectivity index (χ1n) is 9.68. The number of hydrogen-bond donors (Lipinski definition) is 0. The monoisotopic (exact) mass is 452 g/mol. The first kappa shape index (κ1) is 21.2. The first-order valence-corrected chi connectivity index (χ1v) is 11.5. The Balaban J connectivity index is 1.83. The van der Waals surface area contributed by atoms with Gasteiger partial charge in [0.25, 0.3) is 0 Å². The summed E-state index contributed by atoms with van der Waals surface area (Å²) in [5.41, 5.74) is 2.76. The van der Waals surface area contributed by atoms with Crippen molar-refractivity contribution in [2.24, 2.45) is 0 Å². The highest BCUT2D eigenvalue weighted by Gasteiger charge is 2.30. The topological polar surface area (TPSA) is 63.4 Å². The molecule has 0 unspecified atom stereocenters. The largest absolute Gasteiger partial charge is 0.419 e. The van der Waals surface area contributed by atoms with Gasteiger partial charge in [0.15, 0.2) is 0 Å². The Morgan fingerprint density at radius 1 is 0.968 bits per heavy atom. The van der Waals surface area contributed by atoms with Gasteiger partial charge in [-0.2, -0.15) is 4.98 Å². The van der Waals surface area contributed by atoms with E-state index in [1.807, 2.05) is 61.5 Å². The van der Waals surface area contributed by atoms with Crippen molar-refractivity contribution in [3.05, 3.63) is 95.0 Å². The normalized spacial score (nSPS) is 11.5. The van der Waals surface area contributed by atoms with Crippen LogP contribution in [0.3, 0.4) is 0 Å². The molecule has 7 heteroatoms. The fraction of sp³-hybridized carbons (Fsp3) is 0.125. The molecule has 158 valence electrons. The van der Waals surface area contributed by atoms with Crippen LogP contribution in [0.2, 0.25) is 5.02 Å². The molecule has 0 N–H and O–H groups in total. The summed E-state index contributed by atoms with van der Waals surface area (Å²) < 4.78 is 32.9. The van der Waals surface area contributed by atoms with Crippen LogP contribution in [-0.4, -0.2) is 20.4 Å². The van der Waals surface area contributed by atoms with Gasteiger partial charge in [-0.05, 0) is 48.9 Å². The van der Waals surface area contributed by atoms with Gasteiger partial charge in [-0.1, -0.05) is 59.6 Å². The number of oxazole rings is 1. The van der Waals surface area contributed by atoms with E-state index < -0.39 is 9.84 Å². The number of sulfone groups is 1. The van der Waals surface area contributed by atoms with E-state index in [1.165, 1.54) is 12.1 Å². The molecule has 0 amide bonds. The highest BCUT2D eigenvalue weighted by molar-refractivity contribution is 7.91. The molecular weight excluding hydrogens is 432 g/mol. The number of benzene rings is 3. The lowest BCUT2D eigenvalue weighted by Gasteiger charge is -2.17. The summed E-state index contributed by atoms with van der Waals surface area (Å²) in [6, 6.07) is 23.4. The maximum Gasteiger partial charge on any atom is 0.236 e. The van der Waals surface area contributed by atoms with E-state index in [0.29, 0.717) is 17.1 Å². The Morgan fingerprint density at radius 3 is 2.35 bits per heavy atom. The third-order valence-corrected chi connectivity index (χ3v) is 6.75. The van der Waals surface area contributed by atoms with Crippen molar-refractivity contribution < 1.29 is 12.8 Å². The standard InChI is InChI=1S/C24H21ClN2O3S/c1-17-7-6-10-19(15-17)22-26-23(31(28,29)21-13-11-20(25)12-14-21)24(30-22)27(2)16-18-8-4-3-5-9-18/h3-15H,16H2,1-2H3. The summed E-state index contributed by atoms with van der Waals surface area (Å²) >= 11 is 5.94. The van der Waals surface area contributed by atoms with Crippen LogP contribution < -0.4 is 4.90 Å². The molecule has 0 aliphatic heterocycles. The van der Waals surface area contributed by atoms with Gasteiger partial charge in [0.1, 0.15) is 0 Å². The van der Waals surface area contributed by atoms with Crippen LogP contribution in [0.25, 0.3) is 11.5 Å². The van der Waals surface area contributed by atoms with Crippen molar-refractivity contribution in [3.8, 4) is 11.5 Å². The quantitative estimate of drug-likeness (QED) is 0.371. The molecule has 31 heavy (non-hydrogen) atoms. The van der Waals surface area contributed by atoms with Crippen molar-refractivity contribution in [2.45, 2.75) is 23.4 Å². The second-order valence-corrected chi connectivity index (χ2v) is 9.60. The molecule has 0 spiro atoms. The van der Waals surface area contributed by atoms with Crippen LogP contribution in [0.5, 0.6) is 0 Å². The first-order chi connectivity index (χ1) is 14.8. The van der Waals surface area contributed by atoms with Crippen molar-refractivity contribution in [2.75, 3.05) is 11.9 Å². The van der Waals surface area contributed by atoms with E-state index >= 15 is 0 Å². The molecule has 1 heterocycles. The Morgan fingerprint density at radius 2 is 1.68 bits per heavy atom. The summed E-state index contributed by atoms with van der Waals surface area (Å²) in [7, 11) is -2.14. The van der Waals surface area contributed by atoms with Crippen molar-refractivity contribution >= 4 is 27.3 Å². The van der Waals surface area contributed by atoms with Crippen LogP contribution in [0, 0.1) is 6.92 Å². The summed E-state index contributed by atoms with van der Waals surface area (Å²) in [5, 5.41) is 0.339. The smallest absolute Gasteiger partial charge is 0.236 e. The van der Waals surface area contributed by atoms with Crippen molar-refractivity contribution in [1.82, 2.24) is 4.98 Å². The molecule has 4 rings (SSSR count). The maximum absolute atomic E-state index is 13.4. The van der Waals surface area contributed by atoms with Crippen molar-refractivity contribution in [1.29, 1.82) is 0 Å². The second-order valence-electron chi connectivity index (χ2n) is 7.30. The van der Waals surface area contributed by atoms with E-state index in [2.05, 4.69) is 4.98 Å². The van der Waals surface area contributed by atoms with Crippen LogP contribution in [0.4, 0.5) is 5.88 Å². The van der Waals surface area contributed by atoms with Gasteiger partial charge in [-0.3, -0.25) is 0 Å². The highest BCUT2D eigenvalue weighted by Crippen LogP contribution is 2.35. The minimum absolute atomic E-state index is 0.107. The molecular formula is C24H21ClN2O3S. The van der Waals surface area contributed by atoms with E-state index in [1.54, 1.807) is 24.1 Å². The van der Waals surface area contributed by atoms with Crippen LogP contribution in [-0.2, 0) is 16.4 Å². The molecule has 0 bridgehead atoms. The minimum atomic E-state index is -3.93. The number of rotatable bonds is 6. The maximum atomic E-state index is 13.4. The van der Waals surface area contributed by atoms with Crippen LogP contribution in [0.1, 0.15) is 11.1 Å². The van der Waals surface area contributed by atoms with Crippen LogP contribution in [0.15, 0.2) is 93.2 Å². The number of hydrogen-bond acceptors (Lipinski definition) is 5. The number of aryl methyl sites for hydroxylation is 1. The summed E-state index contributed by atoms with van der Waals surface area (Å²) in [6.45, 7) is 2.42. The Kier molecular flexibility index (Phi) is 5.85. The molecule has 3 aromatic carbocycles. The lowest BCUT2D eigenvalue weighted by molar-refractivity contribution is 0.554. The lowest BCUT2D eigenvalue weighted by Crippen LogP contribution is -2.18. The third-order valence-electron chi connectivity index (χ3n) is 4.83. The molecule has 0 saturated heterocycles. The summed E-state index contributed by atoms with van der Waals surface area (Å²) in [4.78, 5) is 6.29. The molecule has 0 radical (unpaired) electrons. The molecule has 0 saturated carbocycles. The van der Waals surface area contributed by atoms with Gasteiger partial charge in [-0.15, -0.1) is 0 Å². The van der Waals surface area contributed by atoms with Crippen LogP contribution >= 0.6 is 11.6 Å². The predicted molar refractivity (Wildman–Crippen MR) is 122 cm³/mol. The third kappa shape index (κ3) is 4.50. The highest BCUT2D eigenvalue weighted by atomic mass is 35.5. The Labute approximate surface area is 186 Å². The van der Waals surface area contributed by atoms with Gasteiger partial charge in [-0.25, -0.2) is 8.42 Å². The molecule has 4 aromatic rings. The van der Waals surface area contributed by atoms with Gasteiger partial charge in [0.2, 0.25) is 26.6 Å². The van der Waals surface area contributed by atoms with Gasteiger partial charge < -0.3 is 9.32 Å². The van der Waals surface area contributed by atoms with Gasteiger partial charge in [0.05, 0.1) is 4.90 Å². The summed E-state index contributed by atoms with van der Waals surface area (Å²) in [6.07, 6.45) is 0. The Hall–Kier alpha value is -3.09. The average Bonchev–Trinajstić information content (AvgIpc) is 3.22. The molecule has 1 aromatic heterocycles. The van der Waals surface area contributed by atoms with Gasteiger partial charge >= 0.3 is 0 Å². The average molecular weight is 453 g/mol. The van der Waals surface area contributed by atoms with Gasteiger partial charge in [0, 0.05) is 24.2 Å². The molecule has 0 aliphatic rings. The number of halogens is 1. The molecule has 0 fully saturated rings. The minimum Gasteiger partial charge on any atom is -0.419 e. The number of anilines is 1. The zero-order chi connectivity index (χ0) is 22.0. The fourth-order valence-corrected chi connectivity index (χ4v) is 4.74.